The van der Waals surface area contributed by atoms with Crippen LogP contribution in [0.1, 0.15) is 11.3 Å². The minimum Gasteiger partial charge on any atom is -0.297 e. The number of thiophene rings is 1. The summed E-state index contributed by atoms with van der Waals surface area (Å²) in [5.74, 6) is -0.528. The maximum atomic E-state index is 13.3. The van der Waals surface area contributed by atoms with E-state index in [2.05, 4.69) is 11.0 Å². The molecule has 0 radical (unpaired) electrons. The summed E-state index contributed by atoms with van der Waals surface area (Å²) in [6.45, 7) is 3.31. The molecule has 4 nitrogen and oxygen atoms in total. The molecular weight excluding hydrogens is 335 g/mol. The van der Waals surface area contributed by atoms with Gasteiger partial charge in [0, 0.05) is 31.1 Å². The van der Waals surface area contributed by atoms with Crippen LogP contribution in [0.2, 0.25) is 0 Å². The van der Waals surface area contributed by atoms with Crippen molar-refractivity contribution in [3.05, 3.63) is 52.5 Å². The molecule has 2 aromatic rings. The summed E-state index contributed by atoms with van der Waals surface area (Å²) < 4.78 is 40.1. The summed E-state index contributed by atoms with van der Waals surface area (Å²) in [5.41, 5.74) is 0. The molecule has 1 fully saturated rings. The molecule has 124 valence electrons. The van der Waals surface area contributed by atoms with Gasteiger partial charge in [0.1, 0.15) is 5.82 Å². The van der Waals surface area contributed by atoms with E-state index in [0.717, 1.165) is 25.6 Å². The normalized spacial score (nSPS) is 18.0. The Labute approximate surface area is 140 Å². The van der Waals surface area contributed by atoms with Crippen molar-refractivity contribution in [2.24, 2.45) is 0 Å². The first kappa shape index (κ1) is 16.6. The number of nitrogens with zero attached hydrogens (tertiary/aromatic N) is 2. The molecule has 1 aliphatic heterocycles. The molecule has 3 rings (SSSR count). The summed E-state index contributed by atoms with van der Waals surface area (Å²) in [5, 5.41) is 2.05. The molecule has 0 aliphatic carbocycles. The van der Waals surface area contributed by atoms with Gasteiger partial charge in [-0.25, -0.2) is 12.8 Å². The highest BCUT2D eigenvalue weighted by atomic mass is 32.2. The van der Waals surface area contributed by atoms with Crippen molar-refractivity contribution in [1.82, 2.24) is 9.21 Å². The van der Waals surface area contributed by atoms with Crippen LogP contribution in [0.15, 0.2) is 46.7 Å². The average molecular weight is 354 g/mol. The largest absolute Gasteiger partial charge is 0.297 e. The average Bonchev–Trinajstić information content (AvgIpc) is 2.91. The lowest BCUT2D eigenvalue weighted by atomic mass is 10.3. The molecular formula is C16H19FN2O2S2. The molecule has 0 amide bonds. The number of benzene rings is 1. The number of hydrogen-bond donors (Lipinski definition) is 0. The van der Waals surface area contributed by atoms with E-state index < -0.39 is 15.8 Å². The Hall–Kier alpha value is -1.28. The van der Waals surface area contributed by atoms with E-state index in [1.165, 1.54) is 27.4 Å². The van der Waals surface area contributed by atoms with Gasteiger partial charge in [-0.3, -0.25) is 4.90 Å². The van der Waals surface area contributed by atoms with Crippen molar-refractivity contribution in [2.45, 2.75) is 17.9 Å². The number of sulfonamides is 1. The smallest absolute Gasteiger partial charge is 0.243 e. The molecule has 7 heteroatoms. The van der Waals surface area contributed by atoms with Gasteiger partial charge in [-0.2, -0.15) is 4.31 Å². The predicted molar refractivity (Wildman–Crippen MR) is 89.4 cm³/mol. The molecule has 0 spiro atoms. The van der Waals surface area contributed by atoms with Crippen molar-refractivity contribution in [1.29, 1.82) is 0 Å². The lowest BCUT2D eigenvalue weighted by Gasteiger charge is -2.21. The fourth-order valence-electron chi connectivity index (χ4n) is 2.75. The van der Waals surface area contributed by atoms with E-state index >= 15 is 0 Å². The zero-order valence-corrected chi connectivity index (χ0v) is 14.3. The minimum atomic E-state index is -3.62. The molecule has 1 aliphatic rings. The van der Waals surface area contributed by atoms with Crippen LogP contribution in [0.5, 0.6) is 0 Å². The summed E-state index contributed by atoms with van der Waals surface area (Å²) >= 11 is 1.71. The third-order valence-corrected chi connectivity index (χ3v) is 6.70. The van der Waals surface area contributed by atoms with E-state index in [0.29, 0.717) is 19.6 Å². The molecule has 0 saturated carbocycles. The van der Waals surface area contributed by atoms with Gasteiger partial charge in [-0.15, -0.1) is 11.3 Å². The third-order valence-electron chi connectivity index (χ3n) is 3.94. The number of rotatable bonds is 4. The highest BCUT2D eigenvalue weighted by Crippen LogP contribution is 2.20. The maximum absolute atomic E-state index is 13.3. The van der Waals surface area contributed by atoms with E-state index in [9.17, 15) is 12.8 Å². The van der Waals surface area contributed by atoms with Gasteiger partial charge in [-0.1, -0.05) is 12.1 Å². The van der Waals surface area contributed by atoms with Gasteiger partial charge >= 0.3 is 0 Å². The minimum absolute atomic E-state index is 0.0317. The van der Waals surface area contributed by atoms with E-state index in [1.54, 1.807) is 11.3 Å². The number of halogens is 1. The van der Waals surface area contributed by atoms with Crippen molar-refractivity contribution >= 4 is 21.4 Å². The summed E-state index contributed by atoms with van der Waals surface area (Å²) in [4.78, 5) is 3.59. The Balaban J connectivity index is 1.69. The molecule has 0 N–H and O–H groups in total. The van der Waals surface area contributed by atoms with E-state index in [-0.39, 0.29) is 4.90 Å². The standard InChI is InChI=1S/C16H19FN2O2S2/c17-14-4-1-6-16(12-14)23(20,21)19-8-3-7-18(9-10-19)13-15-5-2-11-22-15/h1-2,4-6,11-12H,3,7-10,13H2. The second-order valence-electron chi connectivity index (χ2n) is 5.57. The van der Waals surface area contributed by atoms with Gasteiger partial charge in [-0.05, 0) is 42.6 Å². The number of hydrogen-bond acceptors (Lipinski definition) is 4. The molecule has 0 unspecified atom stereocenters. The summed E-state index contributed by atoms with van der Waals surface area (Å²) in [6, 6.07) is 9.35. The molecule has 1 saturated heterocycles. The van der Waals surface area contributed by atoms with Gasteiger partial charge in [0.05, 0.1) is 4.90 Å². The Morgan fingerprint density at radius 1 is 1.09 bits per heavy atom. The second kappa shape index (κ2) is 7.09. The van der Waals surface area contributed by atoms with Gasteiger partial charge in [0.15, 0.2) is 0 Å². The van der Waals surface area contributed by atoms with Crippen LogP contribution in [0.25, 0.3) is 0 Å². The van der Waals surface area contributed by atoms with Crippen LogP contribution in [0.3, 0.4) is 0 Å². The maximum Gasteiger partial charge on any atom is 0.243 e. The lowest BCUT2D eigenvalue weighted by Crippen LogP contribution is -2.35. The van der Waals surface area contributed by atoms with Crippen LogP contribution < -0.4 is 0 Å². The van der Waals surface area contributed by atoms with Crippen LogP contribution in [0, 0.1) is 5.82 Å². The monoisotopic (exact) mass is 354 g/mol. The Morgan fingerprint density at radius 3 is 2.70 bits per heavy atom. The second-order valence-corrected chi connectivity index (χ2v) is 8.54. The highest BCUT2D eigenvalue weighted by molar-refractivity contribution is 7.89. The van der Waals surface area contributed by atoms with Crippen LogP contribution in [-0.2, 0) is 16.6 Å². The van der Waals surface area contributed by atoms with Crippen LogP contribution in [0.4, 0.5) is 4.39 Å². The molecule has 23 heavy (non-hydrogen) atoms. The first-order chi connectivity index (χ1) is 11.1. The quantitative estimate of drug-likeness (QED) is 0.848. The SMILES string of the molecule is O=S(=O)(c1cccc(F)c1)N1CCCN(Cc2cccs2)CC1. The fraction of sp³-hybridized carbons (Fsp3) is 0.375. The topological polar surface area (TPSA) is 40.6 Å². The first-order valence-corrected chi connectivity index (χ1v) is 9.88. The highest BCUT2D eigenvalue weighted by Gasteiger charge is 2.27. The Kier molecular flexibility index (Phi) is 5.11. The van der Waals surface area contributed by atoms with E-state index in [4.69, 9.17) is 0 Å². The predicted octanol–water partition coefficient (Wildman–Crippen LogP) is 2.78. The summed E-state index contributed by atoms with van der Waals surface area (Å²) in [6.07, 6.45) is 0.778. The van der Waals surface area contributed by atoms with Crippen molar-refractivity contribution in [2.75, 3.05) is 26.2 Å². The Bertz CT molecular complexity index is 747. The van der Waals surface area contributed by atoms with Gasteiger partial charge in [0.2, 0.25) is 10.0 Å². The molecule has 2 heterocycles. The Morgan fingerprint density at radius 2 is 1.96 bits per heavy atom. The zero-order chi connectivity index (χ0) is 16.3. The zero-order valence-electron chi connectivity index (χ0n) is 12.7. The first-order valence-electron chi connectivity index (χ1n) is 7.56. The molecule has 0 bridgehead atoms. The molecule has 1 aromatic heterocycles. The van der Waals surface area contributed by atoms with Crippen molar-refractivity contribution in [3.63, 3.8) is 0 Å². The molecule has 0 atom stereocenters. The summed E-state index contributed by atoms with van der Waals surface area (Å²) in [7, 11) is -3.62. The van der Waals surface area contributed by atoms with Crippen molar-refractivity contribution in [3.8, 4) is 0 Å². The van der Waals surface area contributed by atoms with Crippen molar-refractivity contribution < 1.29 is 12.8 Å². The fourth-order valence-corrected chi connectivity index (χ4v) is 4.99. The molecule has 1 aromatic carbocycles. The van der Waals surface area contributed by atoms with Gasteiger partial charge < -0.3 is 0 Å². The van der Waals surface area contributed by atoms with Crippen LogP contribution >= 0.6 is 11.3 Å². The van der Waals surface area contributed by atoms with Gasteiger partial charge in [0.25, 0.3) is 0 Å². The third kappa shape index (κ3) is 3.98. The lowest BCUT2D eigenvalue weighted by molar-refractivity contribution is 0.281. The van der Waals surface area contributed by atoms with Crippen LogP contribution in [-0.4, -0.2) is 43.8 Å². The van der Waals surface area contributed by atoms with E-state index in [1.807, 2.05) is 11.4 Å².